The normalized spacial score (nSPS) is 13.5. The van der Waals surface area contributed by atoms with E-state index in [0.717, 1.165) is 35.1 Å². The van der Waals surface area contributed by atoms with Crippen LogP contribution in [0.3, 0.4) is 0 Å². The molecule has 2 N–H and O–H groups in total. The largest absolute Gasteiger partial charge is 0.338 e. The summed E-state index contributed by atoms with van der Waals surface area (Å²) in [6.45, 7) is 11.6. The molecule has 2 unspecified atom stereocenters. The van der Waals surface area contributed by atoms with Crippen molar-refractivity contribution in [2.75, 3.05) is 6.54 Å². The zero-order valence-electron chi connectivity index (χ0n) is 15.1. The predicted octanol–water partition coefficient (Wildman–Crippen LogP) is 3.22. The van der Waals surface area contributed by atoms with Crippen molar-refractivity contribution in [3.8, 4) is 0 Å². The van der Waals surface area contributed by atoms with Crippen molar-refractivity contribution in [3.63, 3.8) is 0 Å². The molecule has 0 saturated carbocycles. The first-order valence-corrected chi connectivity index (χ1v) is 9.26. The number of hydrogen-bond donors (Lipinski definition) is 2. The summed E-state index contributed by atoms with van der Waals surface area (Å²) in [6.07, 6.45) is 0.924. The number of carbonyl (C=O) groups excluding carboxylic acids is 1. The molecular formula is C17H27N5OS. The van der Waals surface area contributed by atoms with E-state index < -0.39 is 0 Å². The van der Waals surface area contributed by atoms with Gasteiger partial charge in [0.05, 0.1) is 22.4 Å². The van der Waals surface area contributed by atoms with Gasteiger partial charge in [0.15, 0.2) is 0 Å². The molecule has 2 aromatic heterocycles. The minimum atomic E-state index is -0.159. The number of aromatic nitrogens is 3. The number of rotatable bonds is 7. The minimum Gasteiger partial charge on any atom is -0.338 e. The van der Waals surface area contributed by atoms with Crippen molar-refractivity contribution in [3.05, 3.63) is 33.5 Å². The van der Waals surface area contributed by atoms with Crippen LogP contribution in [-0.2, 0) is 13.0 Å². The average Bonchev–Trinajstić information content (AvgIpc) is 3.12. The number of aryl methyl sites for hydroxylation is 3. The molecular weight excluding hydrogens is 322 g/mol. The molecule has 0 spiro atoms. The number of amides is 2. The highest BCUT2D eigenvalue weighted by Gasteiger charge is 2.14. The lowest BCUT2D eigenvalue weighted by Gasteiger charge is -2.16. The maximum Gasteiger partial charge on any atom is 0.315 e. The van der Waals surface area contributed by atoms with Gasteiger partial charge in [-0.1, -0.05) is 13.8 Å². The van der Waals surface area contributed by atoms with Crippen molar-refractivity contribution in [1.82, 2.24) is 25.4 Å². The van der Waals surface area contributed by atoms with Crippen molar-refractivity contribution in [2.24, 2.45) is 5.92 Å². The van der Waals surface area contributed by atoms with Gasteiger partial charge >= 0.3 is 6.03 Å². The Bertz CT molecular complexity index is 678. The van der Waals surface area contributed by atoms with Crippen LogP contribution in [0.4, 0.5) is 4.79 Å². The average molecular weight is 350 g/mol. The van der Waals surface area contributed by atoms with Gasteiger partial charge in [0, 0.05) is 24.2 Å². The van der Waals surface area contributed by atoms with E-state index in [9.17, 15) is 4.79 Å². The first-order chi connectivity index (χ1) is 11.4. The Balaban J connectivity index is 1.76. The number of nitrogens with one attached hydrogen (secondary N) is 2. The van der Waals surface area contributed by atoms with Crippen LogP contribution in [0.15, 0.2) is 11.4 Å². The zero-order chi connectivity index (χ0) is 17.7. The Kier molecular flexibility index (Phi) is 6.36. The second-order valence-corrected chi connectivity index (χ2v) is 7.25. The monoisotopic (exact) mass is 349 g/mol. The van der Waals surface area contributed by atoms with Crippen LogP contribution in [0.1, 0.15) is 48.9 Å². The fourth-order valence-corrected chi connectivity index (χ4v) is 3.33. The molecule has 0 aliphatic rings. The van der Waals surface area contributed by atoms with E-state index in [1.165, 1.54) is 0 Å². The number of hydrogen-bond acceptors (Lipinski definition) is 4. The quantitative estimate of drug-likeness (QED) is 0.806. The first kappa shape index (κ1) is 18.4. The Labute approximate surface area is 147 Å². The molecule has 24 heavy (non-hydrogen) atoms. The third-order valence-corrected chi connectivity index (χ3v) is 4.87. The molecule has 2 atom stereocenters. The summed E-state index contributed by atoms with van der Waals surface area (Å²) in [6, 6.07) is 1.81. The molecule has 0 fully saturated rings. The Hall–Kier alpha value is -1.89. The highest BCUT2D eigenvalue weighted by atomic mass is 32.1. The molecule has 2 aromatic rings. The highest BCUT2D eigenvalue weighted by Crippen LogP contribution is 2.16. The van der Waals surface area contributed by atoms with E-state index in [4.69, 9.17) is 0 Å². The van der Waals surface area contributed by atoms with Crippen molar-refractivity contribution in [2.45, 2.75) is 53.6 Å². The van der Waals surface area contributed by atoms with Gasteiger partial charge in [0.1, 0.15) is 0 Å². The van der Waals surface area contributed by atoms with Gasteiger partial charge in [-0.2, -0.15) is 5.10 Å². The zero-order valence-corrected chi connectivity index (χ0v) is 15.9. The van der Waals surface area contributed by atoms with Crippen LogP contribution in [-0.4, -0.2) is 27.3 Å². The van der Waals surface area contributed by atoms with Crippen LogP contribution in [0.5, 0.6) is 0 Å². The van der Waals surface area contributed by atoms with Crippen LogP contribution in [0.2, 0.25) is 0 Å². The van der Waals surface area contributed by atoms with Gasteiger partial charge in [0.25, 0.3) is 0 Å². The van der Waals surface area contributed by atoms with E-state index in [1.54, 1.807) is 11.3 Å². The molecule has 0 saturated heterocycles. The van der Waals surface area contributed by atoms with Gasteiger partial charge in [0.2, 0.25) is 0 Å². The van der Waals surface area contributed by atoms with Gasteiger partial charge in [-0.25, -0.2) is 9.78 Å². The third-order valence-electron chi connectivity index (χ3n) is 3.86. The second kappa shape index (κ2) is 8.28. The molecule has 0 radical (unpaired) electrons. The van der Waals surface area contributed by atoms with Crippen LogP contribution < -0.4 is 10.6 Å². The number of carbonyl (C=O) groups is 1. The molecule has 0 bridgehead atoms. The summed E-state index contributed by atoms with van der Waals surface area (Å²) in [5, 5.41) is 13.4. The molecule has 2 amide bonds. The van der Waals surface area contributed by atoms with Gasteiger partial charge in [-0.3, -0.25) is 4.68 Å². The number of nitrogens with zero attached hydrogens (tertiary/aromatic N) is 3. The third kappa shape index (κ3) is 5.06. The van der Waals surface area contributed by atoms with Crippen LogP contribution in [0.25, 0.3) is 0 Å². The molecule has 0 aliphatic carbocycles. The minimum absolute atomic E-state index is 0.0899. The van der Waals surface area contributed by atoms with E-state index in [1.807, 2.05) is 30.8 Å². The maximum absolute atomic E-state index is 12.1. The lowest BCUT2D eigenvalue weighted by Crippen LogP contribution is -2.39. The summed E-state index contributed by atoms with van der Waals surface area (Å²) in [5.41, 5.74) is 3.09. The topological polar surface area (TPSA) is 71.8 Å². The van der Waals surface area contributed by atoms with Crippen LogP contribution >= 0.6 is 11.3 Å². The molecule has 2 heterocycles. The Morgan fingerprint density at radius 1 is 1.38 bits per heavy atom. The standard InChI is InChI=1S/C17H27N5OS/c1-6-16-20-15(10-24-16)14(5)19-17(23)18-8-11(2)9-22-13(4)7-12(3)21-22/h7,10-11,14H,6,8-9H2,1-5H3,(H2,18,19,23). The number of thiazole rings is 1. The lowest BCUT2D eigenvalue weighted by molar-refractivity contribution is 0.235. The molecule has 2 rings (SSSR count). The van der Waals surface area contributed by atoms with Crippen molar-refractivity contribution in [1.29, 1.82) is 0 Å². The smallest absolute Gasteiger partial charge is 0.315 e. The van der Waals surface area contributed by atoms with E-state index in [0.29, 0.717) is 12.5 Å². The molecule has 132 valence electrons. The molecule has 6 nitrogen and oxygen atoms in total. The van der Waals surface area contributed by atoms with Crippen molar-refractivity contribution >= 4 is 17.4 Å². The summed E-state index contributed by atoms with van der Waals surface area (Å²) >= 11 is 1.64. The summed E-state index contributed by atoms with van der Waals surface area (Å²) < 4.78 is 1.99. The summed E-state index contributed by atoms with van der Waals surface area (Å²) in [5.74, 6) is 0.301. The van der Waals surface area contributed by atoms with Crippen LogP contribution in [0, 0.1) is 19.8 Å². The molecule has 0 aromatic carbocycles. The predicted molar refractivity (Wildman–Crippen MR) is 97.3 cm³/mol. The second-order valence-electron chi connectivity index (χ2n) is 6.31. The fraction of sp³-hybridized carbons (Fsp3) is 0.588. The van der Waals surface area contributed by atoms with E-state index in [-0.39, 0.29) is 12.1 Å². The SMILES string of the molecule is CCc1nc(C(C)NC(=O)NCC(C)Cn2nc(C)cc2C)cs1. The Morgan fingerprint density at radius 2 is 2.12 bits per heavy atom. The first-order valence-electron chi connectivity index (χ1n) is 8.38. The lowest BCUT2D eigenvalue weighted by atomic mass is 10.2. The molecule has 0 aliphatic heterocycles. The summed E-state index contributed by atoms with van der Waals surface area (Å²) in [4.78, 5) is 16.6. The van der Waals surface area contributed by atoms with E-state index in [2.05, 4.69) is 40.6 Å². The van der Waals surface area contributed by atoms with E-state index >= 15 is 0 Å². The Morgan fingerprint density at radius 3 is 2.71 bits per heavy atom. The van der Waals surface area contributed by atoms with Gasteiger partial charge in [-0.15, -0.1) is 11.3 Å². The highest BCUT2D eigenvalue weighted by molar-refractivity contribution is 7.09. The van der Waals surface area contributed by atoms with Gasteiger partial charge < -0.3 is 10.6 Å². The van der Waals surface area contributed by atoms with Crippen molar-refractivity contribution < 1.29 is 4.79 Å². The number of urea groups is 1. The maximum atomic E-state index is 12.1. The fourth-order valence-electron chi connectivity index (χ4n) is 2.49. The van der Waals surface area contributed by atoms with Gasteiger partial charge in [-0.05, 0) is 39.2 Å². The molecule has 7 heteroatoms. The summed E-state index contributed by atoms with van der Waals surface area (Å²) in [7, 11) is 0.